The van der Waals surface area contributed by atoms with E-state index in [1.54, 1.807) is 11.3 Å². The van der Waals surface area contributed by atoms with Gasteiger partial charge in [0.2, 0.25) is 0 Å². The summed E-state index contributed by atoms with van der Waals surface area (Å²) in [6.07, 6.45) is 1.83. The van der Waals surface area contributed by atoms with Crippen molar-refractivity contribution >= 4 is 34.0 Å². The first-order chi connectivity index (χ1) is 9.28. The average molecular weight is 292 g/mol. The van der Waals surface area contributed by atoms with Crippen molar-refractivity contribution in [3.05, 3.63) is 45.6 Å². The van der Waals surface area contributed by atoms with Gasteiger partial charge in [-0.15, -0.1) is 11.3 Å². The molecule has 0 saturated carbocycles. The van der Waals surface area contributed by atoms with Crippen LogP contribution in [0.25, 0.3) is 11.0 Å². The Morgan fingerprint density at radius 3 is 2.84 bits per heavy atom. The van der Waals surface area contributed by atoms with Crippen molar-refractivity contribution in [1.29, 1.82) is 0 Å². The fourth-order valence-electron chi connectivity index (χ4n) is 2.24. The lowest BCUT2D eigenvalue weighted by Gasteiger charge is -2.06. The zero-order valence-corrected chi connectivity index (χ0v) is 12.2. The summed E-state index contributed by atoms with van der Waals surface area (Å²) < 4.78 is 2.28. The predicted octanol–water partition coefficient (Wildman–Crippen LogP) is 4.15. The molecule has 0 saturated heterocycles. The number of aromatic nitrogens is 3. The molecule has 0 aliphatic carbocycles. The Bertz CT molecular complexity index is 702. The second-order valence-electron chi connectivity index (χ2n) is 4.41. The second kappa shape index (κ2) is 5.31. The summed E-state index contributed by atoms with van der Waals surface area (Å²) in [5, 5.41) is 3.44. The minimum atomic E-state index is 0.568. The topological polar surface area (TPSA) is 30.7 Å². The fraction of sp³-hybridized carbons (Fsp3) is 0.286. The lowest BCUT2D eigenvalue weighted by Crippen LogP contribution is -2.04. The number of thiazole rings is 1. The molecule has 0 bridgehead atoms. The predicted molar refractivity (Wildman–Crippen MR) is 80.0 cm³/mol. The van der Waals surface area contributed by atoms with E-state index in [9.17, 15) is 0 Å². The lowest BCUT2D eigenvalue weighted by molar-refractivity contribution is 0.664. The minimum absolute atomic E-state index is 0.568. The van der Waals surface area contributed by atoms with Crippen LogP contribution in [0.15, 0.2) is 29.6 Å². The molecule has 2 heterocycles. The summed E-state index contributed by atoms with van der Waals surface area (Å²) in [6, 6.07) is 8.26. The normalized spacial score (nSPS) is 11.3. The van der Waals surface area contributed by atoms with E-state index in [1.165, 1.54) is 5.52 Å². The summed E-state index contributed by atoms with van der Waals surface area (Å²) in [5.41, 5.74) is 2.25. The van der Waals surface area contributed by atoms with Crippen LogP contribution in [0.5, 0.6) is 0 Å². The molecule has 0 atom stereocenters. The Balaban J connectivity index is 2.04. The van der Waals surface area contributed by atoms with Gasteiger partial charge in [0.15, 0.2) is 0 Å². The smallest absolute Gasteiger partial charge is 0.140 e. The first-order valence-corrected chi connectivity index (χ1v) is 7.57. The SMILES string of the molecule is CCCn1c(Cc2nc(Cl)cs2)nc2ccccc21. The van der Waals surface area contributed by atoms with E-state index in [2.05, 4.69) is 34.7 Å². The molecule has 3 aromatic rings. The quantitative estimate of drug-likeness (QED) is 0.723. The Labute approximate surface area is 120 Å². The van der Waals surface area contributed by atoms with Crippen molar-refractivity contribution < 1.29 is 0 Å². The van der Waals surface area contributed by atoms with Crippen LogP contribution in [0, 0.1) is 0 Å². The molecule has 0 aliphatic heterocycles. The summed E-state index contributed by atoms with van der Waals surface area (Å²) in [6.45, 7) is 3.16. The van der Waals surface area contributed by atoms with Gasteiger partial charge in [0.05, 0.1) is 17.5 Å². The van der Waals surface area contributed by atoms with Crippen LogP contribution in [-0.4, -0.2) is 14.5 Å². The first kappa shape index (κ1) is 12.6. The standard InChI is InChI=1S/C14H14ClN3S/c1-2-7-18-11-6-4-3-5-10(11)16-13(18)8-14-17-12(15)9-19-14/h3-6,9H,2,7-8H2,1H3. The molecule has 0 N–H and O–H groups in total. The van der Waals surface area contributed by atoms with Gasteiger partial charge in [0.25, 0.3) is 0 Å². The van der Waals surface area contributed by atoms with Crippen LogP contribution >= 0.6 is 22.9 Å². The Hall–Kier alpha value is -1.39. The van der Waals surface area contributed by atoms with Crippen molar-refractivity contribution in [2.45, 2.75) is 26.3 Å². The van der Waals surface area contributed by atoms with Crippen molar-refractivity contribution in [2.24, 2.45) is 0 Å². The zero-order valence-electron chi connectivity index (χ0n) is 10.6. The fourth-order valence-corrected chi connectivity index (χ4v) is 3.17. The highest BCUT2D eigenvalue weighted by molar-refractivity contribution is 7.10. The highest BCUT2D eigenvalue weighted by Gasteiger charge is 2.12. The summed E-state index contributed by atoms with van der Waals surface area (Å²) in [7, 11) is 0. The molecule has 5 heteroatoms. The van der Waals surface area contributed by atoms with Gasteiger partial charge in [-0.1, -0.05) is 30.7 Å². The number of aryl methyl sites for hydroxylation is 1. The van der Waals surface area contributed by atoms with Crippen LogP contribution in [0.1, 0.15) is 24.2 Å². The molecular formula is C14H14ClN3S. The number of imidazole rings is 1. The first-order valence-electron chi connectivity index (χ1n) is 6.32. The van der Waals surface area contributed by atoms with Crippen LogP contribution in [-0.2, 0) is 13.0 Å². The number of benzene rings is 1. The van der Waals surface area contributed by atoms with Crippen molar-refractivity contribution in [2.75, 3.05) is 0 Å². The number of fused-ring (bicyclic) bond motifs is 1. The Morgan fingerprint density at radius 1 is 1.26 bits per heavy atom. The Morgan fingerprint density at radius 2 is 2.11 bits per heavy atom. The van der Waals surface area contributed by atoms with E-state index >= 15 is 0 Å². The van der Waals surface area contributed by atoms with Gasteiger partial charge in [-0.05, 0) is 18.6 Å². The maximum Gasteiger partial charge on any atom is 0.140 e. The second-order valence-corrected chi connectivity index (χ2v) is 5.74. The van der Waals surface area contributed by atoms with Gasteiger partial charge in [-0.3, -0.25) is 0 Å². The van der Waals surface area contributed by atoms with E-state index in [4.69, 9.17) is 16.6 Å². The van der Waals surface area contributed by atoms with Crippen LogP contribution < -0.4 is 0 Å². The molecule has 1 aromatic carbocycles. The minimum Gasteiger partial charge on any atom is -0.328 e. The van der Waals surface area contributed by atoms with E-state index in [-0.39, 0.29) is 0 Å². The summed E-state index contributed by atoms with van der Waals surface area (Å²) in [4.78, 5) is 9.03. The van der Waals surface area contributed by atoms with E-state index < -0.39 is 0 Å². The van der Waals surface area contributed by atoms with Gasteiger partial charge in [-0.2, -0.15) is 0 Å². The van der Waals surface area contributed by atoms with Crippen molar-refractivity contribution in [1.82, 2.24) is 14.5 Å². The summed E-state index contributed by atoms with van der Waals surface area (Å²) >= 11 is 7.46. The van der Waals surface area contributed by atoms with Gasteiger partial charge < -0.3 is 4.57 Å². The molecule has 0 radical (unpaired) electrons. The molecule has 3 rings (SSSR count). The molecular weight excluding hydrogens is 278 g/mol. The molecule has 3 nitrogen and oxygen atoms in total. The van der Waals surface area contributed by atoms with Gasteiger partial charge >= 0.3 is 0 Å². The molecule has 0 fully saturated rings. The maximum atomic E-state index is 5.88. The third-order valence-corrected chi connectivity index (χ3v) is 4.19. The molecule has 0 unspecified atom stereocenters. The number of hydrogen-bond donors (Lipinski definition) is 0. The van der Waals surface area contributed by atoms with Gasteiger partial charge in [0, 0.05) is 11.9 Å². The number of halogens is 1. The van der Waals surface area contributed by atoms with Crippen molar-refractivity contribution in [3.8, 4) is 0 Å². The van der Waals surface area contributed by atoms with Gasteiger partial charge in [0.1, 0.15) is 16.0 Å². The monoisotopic (exact) mass is 291 g/mol. The maximum absolute atomic E-state index is 5.88. The average Bonchev–Trinajstić information content (AvgIpc) is 2.96. The van der Waals surface area contributed by atoms with Crippen LogP contribution in [0.3, 0.4) is 0 Å². The highest BCUT2D eigenvalue weighted by Crippen LogP contribution is 2.21. The highest BCUT2D eigenvalue weighted by atomic mass is 35.5. The Kier molecular flexibility index (Phi) is 3.53. The molecule has 19 heavy (non-hydrogen) atoms. The largest absolute Gasteiger partial charge is 0.328 e. The molecule has 0 amide bonds. The van der Waals surface area contributed by atoms with E-state index in [1.807, 2.05) is 11.4 Å². The lowest BCUT2D eigenvalue weighted by atomic mass is 10.3. The number of nitrogens with zero attached hydrogens (tertiary/aromatic N) is 3. The van der Waals surface area contributed by atoms with E-state index in [0.717, 1.165) is 35.7 Å². The van der Waals surface area contributed by atoms with E-state index in [0.29, 0.717) is 5.15 Å². The number of rotatable bonds is 4. The third-order valence-electron chi connectivity index (χ3n) is 3.01. The van der Waals surface area contributed by atoms with Crippen LogP contribution in [0.4, 0.5) is 0 Å². The molecule has 0 aliphatic rings. The number of hydrogen-bond acceptors (Lipinski definition) is 3. The third kappa shape index (κ3) is 2.51. The van der Waals surface area contributed by atoms with Crippen LogP contribution in [0.2, 0.25) is 5.15 Å². The molecule has 0 spiro atoms. The van der Waals surface area contributed by atoms with Gasteiger partial charge in [-0.25, -0.2) is 9.97 Å². The summed E-state index contributed by atoms with van der Waals surface area (Å²) in [5.74, 6) is 1.06. The number of para-hydroxylation sites is 2. The zero-order chi connectivity index (χ0) is 13.2. The molecule has 98 valence electrons. The van der Waals surface area contributed by atoms with Crippen molar-refractivity contribution in [3.63, 3.8) is 0 Å². The molecule has 2 aromatic heterocycles.